The van der Waals surface area contributed by atoms with Crippen LogP contribution in [0.3, 0.4) is 0 Å². The molecule has 0 heterocycles. The minimum atomic E-state index is 0.0858. The van der Waals surface area contributed by atoms with Crippen LogP contribution in [0.5, 0.6) is 0 Å². The van der Waals surface area contributed by atoms with Gasteiger partial charge in [-0.05, 0) is 11.1 Å². The van der Waals surface area contributed by atoms with Crippen LogP contribution in [-0.4, -0.2) is 6.08 Å². The standard InChI is InChI=1S/C15H16.CHNO/c1-15(2,13-9-5-3-6-10-13)14-11-7-4-8-12-14;2-1-3/h3-12H,1-2H3;2H. The molecule has 92 valence electrons. The summed E-state index contributed by atoms with van der Waals surface area (Å²) in [7, 11) is 0. The third-order valence-corrected chi connectivity index (χ3v) is 2.99. The maximum Gasteiger partial charge on any atom is 0.231 e. The van der Waals surface area contributed by atoms with Gasteiger partial charge in [-0.25, -0.2) is 10.2 Å². The summed E-state index contributed by atoms with van der Waals surface area (Å²) >= 11 is 0. The summed E-state index contributed by atoms with van der Waals surface area (Å²) < 4.78 is 0. The molecule has 0 radical (unpaired) electrons. The van der Waals surface area contributed by atoms with Gasteiger partial charge in [-0.2, -0.15) is 0 Å². The molecule has 0 bridgehead atoms. The summed E-state index contributed by atoms with van der Waals surface area (Å²) in [5.74, 6) is 0. The van der Waals surface area contributed by atoms with Gasteiger partial charge >= 0.3 is 0 Å². The van der Waals surface area contributed by atoms with Crippen molar-refractivity contribution in [3.63, 3.8) is 0 Å². The van der Waals surface area contributed by atoms with Gasteiger partial charge < -0.3 is 0 Å². The van der Waals surface area contributed by atoms with Gasteiger partial charge in [0, 0.05) is 5.41 Å². The third kappa shape index (κ3) is 3.41. The maximum atomic E-state index is 8.35. The van der Waals surface area contributed by atoms with Crippen LogP contribution in [-0.2, 0) is 10.2 Å². The first-order valence-corrected chi connectivity index (χ1v) is 5.78. The van der Waals surface area contributed by atoms with Crippen molar-refractivity contribution in [2.24, 2.45) is 0 Å². The lowest BCUT2D eigenvalue weighted by Gasteiger charge is -2.25. The van der Waals surface area contributed by atoms with Crippen LogP contribution < -0.4 is 0 Å². The number of carbonyl (C=O) groups excluding carboxylic acids is 1. The Morgan fingerprint density at radius 1 is 0.833 bits per heavy atom. The molecule has 0 aliphatic rings. The van der Waals surface area contributed by atoms with E-state index in [4.69, 9.17) is 10.2 Å². The third-order valence-electron chi connectivity index (χ3n) is 2.99. The smallest absolute Gasteiger partial charge is 0.222 e. The lowest BCUT2D eigenvalue weighted by Crippen LogP contribution is -2.18. The average Bonchev–Trinajstić information content (AvgIpc) is 2.42. The first-order chi connectivity index (χ1) is 8.62. The van der Waals surface area contributed by atoms with Crippen molar-refractivity contribution in [3.05, 3.63) is 71.8 Å². The second-order valence-electron chi connectivity index (χ2n) is 4.46. The lowest BCUT2D eigenvalue weighted by atomic mass is 9.78. The largest absolute Gasteiger partial charge is 0.231 e. The lowest BCUT2D eigenvalue weighted by molar-refractivity contribution is 0.563. The fourth-order valence-corrected chi connectivity index (χ4v) is 1.88. The van der Waals surface area contributed by atoms with Crippen molar-refractivity contribution in [3.8, 4) is 0 Å². The fourth-order valence-electron chi connectivity index (χ4n) is 1.88. The Hall–Kier alpha value is -2.18. The fraction of sp³-hybridized carbons (Fsp3) is 0.188. The molecule has 0 atom stereocenters. The number of nitrogens with one attached hydrogen (secondary N) is 1. The van der Waals surface area contributed by atoms with E-state index in [1.807, 2.05) is 0 Å². The van der Waals surface area contributed by atoms with E-state index in [1.165, 1.54) is 11.1 Å². The Morgan fingerprint density at radius 2 is 1.11 bits per heavy atom. The molecule has 0 unspecified atom stereocenters. The van der Waals surface area contributed by atoms with E-state index in [9.17, 15) is 0 Å². The van der Waals surface area contributed by atoms with E-state index in [2.05, 4.69) is 74.5 Å². The molecule has 2 aromatic carbocycles. The zero-order valence-electron chi connectivity index (χ0n) is 10.7. The summed E-state index contributed by atoms with van der Waals surface area (Å²) in [6.45, 7) is 4.52. The molecule has 0 amide bonds. The van der Waals surface area contributed by atoms with Crippen molar-refractivity contribution < 1.29 is 4.79 Å². The van der Waals surface area contributed by atoms with Gasteiger partial charge in [0.25, 0.3) is 0 Å². The van der Waals surface area contributed by atoms with E-state index in [0.29, 0.717) is 0 Å². The summed E-state index contributed by atoms with van der Waals surface area (Å²) in [5, 5.41) is 5.40. The number of hydrogen-bond acceptors (Lipinski definition) is 2. The Labute approximate surface area is 108 Å². The maximum absolute atomic E-state index is 8.35. The molecule has 0 spiro atoms. The van der Waals surface area contributed by atoms with Gasteiger partial charge in [0.2, 0.25) is 6.08 Å². The highest BCUT2D eigenvalue weighted by molar-refractivity contribution is 5.36. The number of isocyanates is 1. The molecule has 0 aliphatic carbocycles. The van der Waals surface area contributed by atoms with Gasteiger partial charge in [0.05, 0.1) is 0 Å². The van der Waals surface area contributed by atoms with E-state index in [-0.39, 0.29) is 5.41 Å². The summed E-state index contributed by atoms with van der Waals surface area (Å²) in [6.07, 6.45) is 0.750. The molecular weight excluding hydrogens is 222 g/mol. The van der Waals surface area contributed by atoms with Gasteiger partial charge in [-0.3, -0.25) is 0 Å². The monoisotopic (exact) mass is 239 g/mol. The molecule has 2 rings (SSSR count). The highest BCUT2D eigenvalue weighted by Crippen LogP contribution is 2.30. The van der Waals surface area contributed by atoms with Gasteiger partial charge in [-0.1, -0.05) is 74.5 Å². The van der Waals surface area contributed by atoms with E-state index in [0.717, 1.165) is 6.08 Å². The van der Waals surface area contributed by atoms with Crippen LogP contribution >= 0.6 is 0 Å². The number of hydrogen-bond donors (Lipinski definition) is 1. The van der Waals surface area contributed by atoms with Gasteiger partial charge in [-0.15, -0.1) is 0 Å². The van der Waals surface area contributed by atoms with Crippen molar-refractivity contribution in [1.82, 2.24) is 0 Å². The molecule has 18 heavy (non-hydrogen) atoms. The van der Waals surface area contributed by atoms with Crippen molar-refractivity contribution >= 4 is 6.08 Å². The molecule has 2 heteroatoms. The Balaban J connectivity index is 0.000000492. The molecule has 0 aliphatic heterocycles. The van der Waals surface area contributed by atoms with Crippen molar-refractivity contribution in [2.75, 3.05) is 0 Å². The van der Waals surface area contributed by atoms with Crippen LogP contribution in [0.2, 0.25) is 0 Å². The Bertz CT molecular complexity index is 456. The van der Waals surface area contributed by atoms with Crippen LogP contribution in [0.25, 0.3) is 0 Å². The first kappa shape index (κ1) is 13.9. The predicted molar refractivity (Wildman–Crippen MR) is 73.4 cm³/mol. The highest BCUT2D eigenvalue weighted by atomic mass is 16.1. The van der Waals surface area contributed by atoms with E-state index < -0.39 is 0 Å². The Morgan fingerprint density at radius 3 is 1.39 bits per heavy atom. The molecule has 0 saturated heterocycles. The molecule has 0 saturated carbocycles. The molecule has 0 fully saturated rings. The number of rotatable bonds is 2. The summed E-state index contributed by atoms with van der Waals surface area (Å²) in [5.41, 5.74) is 2.80. The molecule has 1 N–H and O–H groups in total. The quantitative estimate of drug-likeness (QED) is 0.626. The topological polar surface area (TPSA) is 40.9 Å². The second-order valence-corrected chi connectivity index (χ2v) is 4.46. The normalized spacial score (nSPS) is 9.89. The van der Waals surface area contributed by atoms with Gasteiger partial charge in [0.15, 0.2) is 0 Å². The zero-order chi connectivity index (χ0) is 13.4. The van der Waals surface area contributed by atoms with Crippen LogP contribution in [0, 0.1) is 5.41 Å². The minimum Gasteiger partial charge on any atom is -0.222 e. The van der Waals surface area contributed by atoms with E-state index in [1.54, 1.807) is 0 Å². The first-order valence-electron chi connectivity index (χ1n) is 5.78. The Kier molecular flexibility index (Phi) is 5.04. The summed E-state index contributed by atoms with van der Waals surface area (Å²) in [6, 6.07) is 21.3. The zero-order valence-corrected chi connectivity index (χ0v) is 10.7. The molecule has 2 nitrogen and oxygen atoms in total. The SMILES string of the molecule is CC(C)(c1ccccc1)c1ccccc1.N=C=O. The molecule has 0 aromatic heterocycles. The molecular formula is C16H17NO. The van der Waals surface area contributed by atoms with E-state index >= 15 is 0 Å². The summed E-state index contributed by atoms with van der Waals surface area (Å²) in [4.78, 5) is 8.35. The highest BCUT2D eigenvalue weighted by Gasteiger charge is 2.21. The van der Waals surface area contributed by atoms with Gasteiger partial charge in [0.1, 0.15) is 0 Å². The van der Waals surface area contributed by atoms with Crippen molar-refractivity contribution in [2.45, 2.75) is 19.3 Å². The van der Waals surface area contributed by atoms with Crippen LogP contribution in [0.4, 0.5) is 0 Å². The van der Waals surface area contributed by atoms with Crippen molar-refractivity contribution in [1.29, 1.82) is 5.41 Å². The minimum absolute atomic E-state index is 0.0858. The number of benzene rings is 2. The predicted octanol–water partition coefficient (Wildman–Crippen LogP) is 3.91. The van der Waals surface area contributed by atoms with Crippen LogP contribution in [0.15, 0.2) is 60.7 Å². The average molecular weight is 239 g/mol. The molecule has 2 aromatic rings. The second kappa shape index (κ2) is 6.53. The van der Waals surface area contributed by atoms with Crippen LogP contribution in [0.1, 0.15) is 25.0 Å².